The minimum atomic E-state index is -0.261. The highest BCUT2D eigenvalue weighted by molar-refractivity contribution is 6.07. The molecule has 33 heavy (non-hydrogen) atoms. The zero-order valence-corrected chi connectivity index (χ0v) is 19.4. The van der Waals surface area contributed by atoms with Gasteiger partial charge in [-0.05, 0) is 54.7 Å². The number of para-hydroxylation sites is 1. The van der Waals surface area contributed by atoms with Gasteiger partial charge < -0.3 is 10.6 Å². The van der Waals surface area contributed by atoms with E-state index in [-0.39, 0.29) is 30.4 Å². The van der Waals surface area contributed by atoms with Gasteiger partial charge in [-0.25, -0.2) is 0 Å². The Labute approximate surface area is 195 Å². The van der Waals surface area contributed by atoms with Crippen molar-refractivity contribution in [1.29, 1.82) is 0 Å². The third kappa shape index (κ3) is 6.88. The van der Waals surface area contributed by atoms with Crippen molar-refractivity contribution in [3.8, 4) is 0 Å². The van der Waals surface area contributed by atoms with E-state index in [0.717, 1.165) is 6.42 Å². The molecule has 0 saturated heterocycles. The normalized spacial score (nSPS) is 10.7. The van der Waals surface area contributed by atoms with Crippen LogP contribution in [0.3, 0.4) is 0 Å². The van der Waals surface area contributed by atoms with E-state index in [1.807, 2.05) is 54.6 Å². The van der Waals surface area contributed by atoms with E-state index in [0.29, 0.717) is 34.0 Å². The van der Waals surface area contributed by atoms with Gasteiger partial charge in [0.1, 0.15) is 0 Å². The van der Waals surface area contributed by atoms with E-state index in [1.165, 1.54) is 5.56 Å². The molecule has 0 atom stereocenters. The molecular formula is C28H30N2O3. The van der Waals surface area contributed by atoms with Crippen molar-refractivity contribution < 1.29 is 14.4 Å². The van der Waals surface area contributed by atoms with Crippen LogP contribution in [0.15, 0.2) is 72.8 Å². The summed E-state index contributed by atoms with van der Waals surface area (Å²) in [5.41, 5.74) is 4.23. The van der Waals surface area contributed by atoms with Gasteiger partial charge in [0.15, 0.2) is 5.78 Å². The fraction of sp³-hybridized carbons (Fsp3) is 0.250. The molecule has 2 N–H and O–H groups in total. The maximum atomic E-state index is 12.7. The lowest BCUT2D eigenvalue weighted by atomic mass is 9.99. The zero-order valence-electron chi connectivity index (χ0n) is 19.4. The van der Waals surface area contributed by atoms with Crippen LogP contribution in [0, 0.1) is 12.8 Å². The fourth-order valence-electron chi connectivity index (χ4n) is 3.62. The summed E-state index contributed by atoms with van der Waals surface area (Å²) >= 11 is 0. The average Bonchev–Trinajstić information content (AvgIpc) is 2.79. The van der Waals surface area contributed by atoms with E-state index >= 15 is 0 Å². The van der Waals surface area contributed by atoms with Crippen molar-refractivity contribution in [2.75, 3.05) is 10.6 Å². The Balaban J connectivity index is 1.57. The largest absolute Gasteiger partial charge is 0.326 e. The van der Waals surface area contributed by atoms with Crippen LogP contribution >= 0.6 is 0 Å². The van der Waals surface area contributed by atoms with E-state index in [9.17, 15) is 14.4 Å². The Morgan fingerprint density at radius 2 is 1.48 bits per heavy atom. The molecule has 5 heteroatoms. The third-order valence-corrected chi connectivity index (χ3v) is 5.38. The number of carbonyl (C=O) groups excluding carboxylic acids is 3. The van der Waals surface area contributed by atoms with E-state index < -0.39 is 0 Å². The van der Waals surface area contributed by atoms with Crippen molar-refractivity contribution >= 4 is 29.0 Å². The van der Waals surface area contributed by atoms with Gasteiger partial charge >= 0.3 is 0 Å². The highest BCUT2D eigenvalue weighted by Gasteiger charge is 2.15. The first-order chi connectivity index (χ1) is 15.8. The van der Waals surface area contributed by atoms with Gasteiger partial charge in [0, 0.05) is 35.3 Å². The molecule has 3 aromatic rings. The molecule has 3 rings (SSSR count). The second-order valence-electron chi connectivity index (χ2n) is 8.56. The molecule has 0 spiro atoms. The molecule has 0 aliphatic rings. The Morgan fingerprint density at radius 3 is 2.15 bits per heavy atom. The van der Waals surface area contributed by atoms with Gasteiger partial charge in [0.25, 0.3) is 5.91 Å². The van der Waals surface area contributed by atoms with Crippen LogP contribution in [0.4, 0.5) is 11.4 Å². The van der Waals surface area contributed by atoms with Crippen molar-refractivity contribution in [2.24, 2.45) is 5.92 Å². The zero-order chi connectivity index (χ0) is 23.8. The van der Waals surface area contributed by atoms with Crippen molar-refractivity contribution in [3.05, 3.63) is 95.1 Å². The SMILES string of the molecule is Cc1c(NC(=O)CCC(=O)c2ccc(CC(C)C)cc2)cccc1C(=O)Nc1ccccc1. The lowest BCUT2D eigenvalue weighted by Crippen LogP contribution is -2.17. The fourth-order valence-corrected chi connectivity index (χ4v) is 3.62. The summed E-state index contributed by atoms with van der Waals surface area (Å²) < 4.78 is 0. The van der Waals surface area contributed by atoms with E-state index in [1.54, 1.807) is 25.1 Å². The number of Topliss-reactive ketones (excluding diaryl/α,β-unsaturated/α-hetero) is 1. The Morgan fingerprint density at radius 1 is 0.788 bits per heavy atom. The molecule has 5 nitrogen and oxygen atoms in total. The first kappa shape index (κ1) is 23.9. The van der Waals surface area contributed by atoms with Gasteiger partial charge in [0.05, 0.1) is 0 Å². The molecule has 0 aromatic heterocycles. The van der Waals surface area contributed by atoms with Crippen LogP contribution < -0.4 is 10.6 Å². The van der Waals surface area contributed by atoms with E-state index in [2.05, 4.69) is 24.5 Å². The van der Waals surface area contributed by atoms with Gasteiger partial charge in [-0.3, -0.25) is 14.4 Å². The lowest BCUT2D eigenvalue weighted by molar-refractivity contribution is -0.116. The average molecular weight is 443 g/mol. The number of hydrogen-bond donors (Lipinski definition) is 2. The first-order valence-electron chi connectivity index (χ1n) is 11.2. The summed E-state index contributed by atoms with van der Waals surface area (Å²) in [7, 11) is 0. The molecule has 0 fully saturated rings. The molecule has 0 unspecified atom stereocenters. The molecular weight excluding hydrogens is 412 g/mol. The number of nitrogens with one attached hydrogen (secondary N) is 2. The number of hydrogen-bond acceptors (Lipinski definition) is 3. The molecule has 0 aliphatic heterocycles. The van der Waals surface area contributed by atoms with Gasteiger partial charge in [0.2, 0.25) is 5.91 Å². The quantitative estimate of drug-likeness (QED) is 0.396. The smallest absolute Gasteiger partial charge is 0.256 e. The minimum Gasteiger partial charge on any atom is -0.326 e. The molecule has 0 radical (unpaired) electrons. The summed E-state index contributed by atoms with van der Waals surface area (Å²) in [6, 6.07) is 22.0. The van der Waals surface area contributed by atoms with Crippen LogP contribution in [-0.2, 0) is 11.2 Å². The van der Waals surface area contributed by atoms with Crippen molar-refractivity contribution in [3.63, 3.8) is 0 Å². The van der Waals surface area contributed by atoms with Crippen molar-refractivity contribution in [1.82, 2.24) is 0 Å². The number of amides is 2. The molecule has 3 aromatic carbocycles. The minimum absolute atomic E-state index is 0.0611. The van der Waals surface area contributed by atoms with Crippen LogP contribution in [0.25, 0.3) is 0 Å². The van der Waals surface area contributed by atoms with Crippen LogP contribution in [0.5, 0.6) is 0 Å². The highest BCUT2D eigenvalue weighted by Crippen LogP contribution is 2.21. The Bertz CT molecular complexity index is 1120. The number of ketones is 1. The molecule has 170 valence electrons. The monoisotopic (exact) mass is 442 g/mol. The van der Waals surface area contributed by atoms with Gasteiger partial charge in [-0.2, -0.15) is 0 Å². The number of benzene rings is 3. The standard InChI is InChI=1S/C28H30N2O3/c1-19(2)18-21-12-14-22(15-13-21)26(31)16-17-27(32)30-25-11-7-10-24(20(25)3)28(33)29-23-8-5-4-6-9-23/h4-15,19H,16-18H2,1-3H3,(H,29,33)(H,30,32). The summed E-state index contributed by atoms with van der Waals surface area (Å²) in [5.74, 6) is -0.00929. The van der Waals surface area contributed by atoms with Crippen molar-refractivity contribution in [2.45, 2.75) is 40.0 Å². The summed E-state index contributed by atoms with van der Waals surface area (Å²) in [6.07, 6.45) is 1.17. The molecule has 0 heterocycles. The number of carbonyl (C=O) groups is 3. The van der Waals surface area contributed by atoms with E-state index in [4.69, 9.17) is 0 Å². The Hall–Kier alpha value is -3.73. The second-order valence-corrected chi connectivity index (χ2v) is 8.56. The summed E-state index contributed by atoms with van der Waals surface area (Å²) in [6.45, 7) is 6.11. The lowest BCUT2D eigenvalue weighted by Gasteiger charge is -2.13. The topological polar surface area (TPSA) is 75.3 Å². The number of anilines is 2. The van der Waals surface area contributed by atoms with Crippen LogP contribution in [0.2, 0.25) is 0 Å². The molecule has 0 aliphatic carbocycles. The summed E-state index contributed by atoms with van der Waals surface area (Å²) in [5, 5.41) is 5.69. The van der Waals surface area contributed by atoms with Gasteiger partial charge in [-0.1, -0.05) is 62.4 Å². The molecule has 0 bridgehead atoms. The maximum Gasteiger partial charge on any atom is 0.256 e. The summed E-state index contributed by atoms with van der Waals surface area (Å²) in [4.78, 5) is 37.6. The van der Waals surface area contributed by atoms with Crippen LogP contribution in [-0.4, -0.2) is 17.6 Å². The predicted octanol–water partition coefficient (Wildman–Crippen LogP) is 6.05. The highest BCUT2D eigenvalue weighted by atomic mass is 16.2. The van der Waals surface area contributed by atoms with Crippen LogP contribution in [0.1, 0.15) is 58.5 Å². The molecule has 2 amide bonds. The second kappa shape index (κ2) is 11.2. The predicted molar refractivity (Wildman–Crippen MR) is 133 cm³/mol. The number of rotatable bonds is 9. The maximum absolute atomic E-state index is 12.7. The third-order valence-electron chi connectivity index (χ3n) is 5.38. The molecule has 0 saturated carbocycles. The van der Waals surface area contributed by atoms with Gasteiger partial charge in [-0.15, -0.1) is 0 Å². The Kier molecular flexibility index (Phi) is 8.14. The first-order valence-corrected chi connectivity index (χ1v) is 11.2.